The molecule has 0 aliphatic rings. The summed E-state index contributed by atoms with van der Waals surface area (Å²) in [5, 5.41) is 3.46. The Bertz CT molecular complexity index is 327. The lowest BCUT2D eigenvalue weighted by Gasteiger charge is -2.21. The van der Waals surface area contributed by atoms with Gasteiger partial charge in [0.25, 0.3) is 0 Å². The lowest BCUT2D eigenvalue weighted by atomic mass is 9.91. The number of ether oxygens (including phenoxy) is 2. The summed E-state index contributed by atoms with van der Waals surface area (Å²) in [6, 6.07) is 10.0. The van der Waals surface area contributed by atoms with Gasteiger partial charge < -0.3 is 14.8 Å². The molecule has 1 N–H and O–H groups in total. The van der Waals surface area contributed by atoms with Crippen LogP contribution in [0.1, 0.15) is 26.7 Å². The largest absolute Gasteiger partial charge is 0.494 e. The normalized spacial score (nSPS) is 12.6. The molecule has 0 aliphatic carbocycles. The van der Waals surface area contributed by atoms with Crippen molar-refractivity contribution in [1.29, 1.82) is 0 Å². The van der Waals surface area contributed by atoms with Gasteiger partial charge in [-0.25, -0.2) is 0 Å². The molecule has 0 amide bonds. The van der Waals surface area contributed by atoms with Gasteiger partial charge in [0.1, 0.15) is 5.75 Å². The number of para-hydroxylation sites is 1. The first-order valence-corrected chi connectivity index (χ1v) is 7.61. The van der Waals surface area contributed by atoms with Gasteiger partial charge in [-0.05, 0) is 43.4 Å². The van der Waals surface area contributed by atoms with Crippen LogP contribution in [0.2, 0.25) is 0 Å². The van der Waals surface area contributed by atoms with E-state index in [-0.39, 0.29) is 0 Å². The molecule has 0 saturated heterocycles. The van der Waals surface area contributed by atoms with Crippen LogP contribution in [0.15, 0.2) is 30.3 Å². The second-order valence-corrected chi connectivity index (χ2v) is 5.50. The number of methoxy groups -OCH3 is 1. The number of nitrogens with one attached hydrogen (secondary N) is 1. The third-order valence-corrected chi connectivity index (χ3v) is 3.56. The topological polar surface area (TPSA) is 30.5 Å². The van der Waals surface area contributed by atoms with Gasteiger partial charge in [-0.3, -0.25) is 0 Å². The van der Waals surface area contributed by atoms with E-state index in [9.17, 15) is 0 Å². The second-order valence-electron chi connectivity index (χ2n) is 5.50. The molecule has 3 nitrogen and oxygen atoms in total. The molecule has 0 radical (unpaired) electrons. The minimum atomic E-state index is 0.696. The van der Waals surface area contributed by atoms with Crippen molar-refractivity contribution < 1.29 is 9.47 Å². The summed E-state index contributed by atoms with van der Waals surface area (Å²) >= 11 is 0. The van der Waals surface area contributed by atoms with Crippen LogP contribution in [0.4, 0.5) is 0 Å². The van der Waals surface area contributed by atoms with Crippen LogP contribution in [0, 0.1) is 11.8 Å². The smallest absolute Gasteiger partial charge is 0.119 e. The molecule has 0 fully saturated rings. The van der Waals surface area contributed by atoms with Crippen molar-refractivity contribution in [3.63, 3.8) is 0 Å². The average Bonchev–Trinajstić information content (AvgIpc) is 2.46. The van der Waals surface area contributed by atoms with Crippen LogP contribution < -0.4 is 10.1 Å². The number of hydrogen-bond acceptors (Lipinski definition) is 3. The van der Waals surface area contributed by atoms with Crippen LogP contribution in [-0.4, -0.2) is 33.4 Å². The van der Waals surface area contributed by atoms with Gasteiger partial charge in [0.2, 0.25) is 0 Å². The fourth-order valence-corrected chi connectivity index (χ4v) is 2.19. The van der Waals surface area contributed by atoms with E-state index in [4.69, 9.17) is 9.47 Å². The zero-order chi connectivity index (χ0) is 14.6. The maximum Gasteiger partial charge on any atom is 0.119 e. The van der Waals surface area contributed by atoms with Gasteiger partial charge in [0, 0.05) is 13.7 Å². The molecule has 1 aromatic carbocycles. The summed E-state index contributed by atoms with van der Waals surface area (Å²) in [6.45, 7) is 8.15. The van der Waals surface area contributed by atoms with Crippen LogP contribution in [0.5, 0.6) is 5.75 Å². The highest BCUT2D eigenvalue weighted by atomic mass is 16.5. The molecule has 20 heavy (non-hydrogen) atoms. The van der Waals surface area contributed by atoms with Crippen molar-refractivity contribution in [2.45, 2.75) is 26.7 Å². The molecule has 0 bridgehead atoms. The molecule has 3 heteroatoms. The van der Waals surface area contributed by atoms with Crippen molar-refractivity contribution in [2.24, 2.45) is 11.8 Å². The van der Waals surface area contributed by atoms with Crippen molar-refractivity contribution >= 4 is 0 Å². The van der Waals surface area contributed by atoms with E-state index in [1.54, 1.807) is 7.11 Å². The lowest BCUT2D eigenvalue weighted by molar-refractivity contribution is 0.194. The summed E-state index contributed by atoms with van der Waals surface area (Å²) < 4.78 is 10.8. The molecule has 0 spiro atoms. The van der Waals surface area contributed by atoms with E-state index < -0.39 is 0 Å². The Morgan fingerprint density at radius 1 is 1.10 bits per heavy atom. The summed E-state index contributed by atoms with van der Waals surface area (Å²) in [6.07, 6.45) is 2.30. The van der Waals surface area contributed by atoms with Crippen molar-refractivity contribution in [2.75, 3.05) is 33.4 Å². The van der Waals surface area contributed by atoms with Crippen molar-refractivity contribution in [3.8, 4) is 5.75 Å². The highest BCUT2D eigenvalue weighted by Crippen LogP contribution is 2.17. The molecule has 0 aromatic heterocycles. The highest BCUT2D eigenvalue weighted by molar-refractivity contribution is 5.20. The van der Waals surface area contributed by atoms with Gasteiger partial charge >= 0.3 is 0 Å². The predicted octanol–water partition coefficient (Wildman–Crippen LogP) is 3.35. The fourth-order valence-electron chi connectivity index (χ4n) is 2.19. The van der Waals surface area contributed by atoms with Crippen LogP contribution >= 0.6 is 0 Å². The molecule has 1 aromatic rings. The standard InChI is InChI=1S/C17H29NO2/c1-15(2)16(14-18-11-13-19-3)8-7-12-20-17-9-5-4-6-10-17/h4-6,9-10,15-16,18H,7-8,11-14H2,1-3H3. The Labute approximate surface area is 123 Å². The predicted molar refractivity (Wildman–Crippen MR) is 84.2 cm³/mol. The summed E-state index contributed by atoms with van der Waals surface area (Å²) in [5.41, 5.74) is 0. The monoisotopic (exact) mass is 279 g/mol. The average molecular weight is 279 g/mol. The third kappa shape index (κ3) is 7.51. The minimum absolute atomic E-state index is 0.696. The molecule has 1 rings (SSSR count). The maximum absolute atomic E-state index is 5.74. The number of benzene rings is 1. The highest BCUT2D eigenvalue weighted by Gasteiger charge is 2.12. The van der Waals surface area contributed by atoms with Crippen LogP contribution in [0.3, 0.4) is 0 Å². The molecule has 0 saturated carbocycles. The first-order valence-electron chi connectivity index (χ1n) is 7.61. The van der Waals surface area contributed by atoms with E-state index in [1.807, 2.05) is 30.3 Å². The summed E-state index contributed by atoms with van der Waals surface area (Å²) in [7, 11) is 1.74. The molecular weight excluding hydrogens is 250 g/mol. The van der Waals surface area contributed by atoms with Crippen molar-refractivity contribution in [1.82, 2.24) is 5.32 Å². The van der Waals surface area contributed by atoms with Gasteiger partial charge in [0.05, 0.1) is 13.2 Å². The zero-order valence-electron chi connectivity index (χ0n) is 13.1. The number of rotatable bonds is 11. The third-order valence-electron chi connectivity index (χ3n) is 3.56. The minimum Gasteiger partial charge on any atom is -0.494 e. The Hall–Kier alpha value is -1.06. The van der Waals surface area contributed by atoms with Gasteiger partial charge in [-0.1, -0.05) is 32.0 Å². The molecular formula is C17H29NO2. The SMILES string of the molecule is COCCNCC(CCCOc1ccccc1)C(C)C. The Balaban J connectivity index is 2.15. The van der Waals surface area contributed by atoms with Crippen LogP contribution in [-0.2, 0) is 4.74 Å². The van der Waals surface area contributed by atoms with E-state index in [2.05, 4.69) is 19.2 Å². The van der Waals surface area contributed by atoms with Gasteiger partial charge in [0.15, 0.2) is 0 Å². The molecule has 1 atom stereocenters. The quantitative estimate of drug-likeness (QED) is 0.630. The zero-order valence-corrected chi connectivity index (χ0v) is 13.1. The first kappa shape index (κ1) is 17.0. The molecule has 0 aliphatic heterocycles. The molecule has 114 valence electrons. The van der Waals surface area contributed by atoms with Crippen LogP contribution in [0.25, 0.3) is 0 Å². The maximum atomic E-state index is 5.74. The Morgan fingerprint density at radius 3 is 2.50 bits per heavy atom. The van der Waals surface area contributed by atoms with Gasteiger partial charge in [-0.15, -0.1) is 0 Å². The molecule has 1 unspecified atom stereocenters. The first-order chi connectivity index (χ1) is 9.74. The summed E-state index contributed by atoms with van der Waals surface area (Å²) in [5.74, 6) is 2.36. The van der Waals surface area contributed by atoms with E-state index in [0.29, 0.717) is 11.8 Å². The van der Waals surface area contributed by atoms with E-state index in [1.165, 1.54) is 6.42 Å². The lowest BCUT2D eigenvalue weighted by Crippen LogP contribution is -2.29. The van der Waals surface area contributed by atoms with E-state index >= 15 is 0 Å². The Kier molecular flexibility index (Phi) is 9.09. The fraction of sp³-hybridized carbons (Fsp3) is 0.647. The molecule has 0 heterocycles. The number of hydrogen-bond donors (Lipinski definition) is 1. The Morgan fingerprint density at radius 2 is 1.85 bits per heavy atom. The summed E-state index contributed by atoms with van der Waals surface area (Å²) in [4.78, 5) is 0. The van der Waals surface area contributed by atoms with E-state index in [0.717, 1.165) is 38.5 Å². The van der Waals surface area contributed by atoms with Gasteiger partial charge in [-0.2, -0.15) is 0 Å². The second kappa shape index (κ2) is 10.7. The van der Waals surface area contributed by atoms with Crippen molar-refractivity contribution in [3.05, 3.63) is 30.3 Å².